The third-order valence-corrected chi connectivity index (χ3v) is 2.18. The molecule has 1 N–H and O–H groups in total. The summed E-state index contributed by atoms with van der Waals surface area (Å²) < 4.78 is 13.0. The molecular weight excluding hydrogens is 195 g/mol. The number of benzene rings is 1. The van der Waals surface area contributed by atoms with Crippen molar-refractivity contribution < 1.29 is 4.39 Å². The van der Waals surface area contributed by atoms with Crippen molar-refractivity contribution >= 4 is 0 Å². The van der Waals surface area contributed by atoms with Gasteiger partial charge in [0.15, 0.2) is 0 Å². The van der Waals surface area contributed by atoms with Crippen LogP contribution in [0.5, 0.6) is 0 Å². The van der Waals surface area contributed by atoms with E-state index in [2.05, 4.69) is 10.2 Å². The molecule has 0 spiro atoms. The average Bonchev–Trinajstić information content (AvgIpc) is 2.22. The molecule has 0 radical (unpaired) electrons. The van der Waals surface area contributed by atoms with Gasteiger partial charge in [0.25, 0.3) is 5.56 Å². The van der Waals surface area contributed by atoms with Gasteiger partial charge in [-0.05, 0) is 30.2 Å². The molecule has 0 unspecified atom stereocenters. The molecule has 1 heterocycles. The summed E-state index contributed by atoms with van der Waals surface area (Å²) in [5.74, 6) is -0.323. The van der Waals surface area contributed by atoms with Crippen molar-refractivity contribution in [2.24, 2.45) is 0 Å². The van der Waals surface area contributed by atoms with Crippen LogP contribution >= 0.6 is 0 Å². The van der Waals surface area contributed by atoms with Crippen molar-refractivity contribution in [2.75, 3.05) is 0 Å². The maximum Gasteiger partial charge on any atom is 0.264 e. The van der Waals surface area contributed by atoms with Crippen LogP contribution in [0, 0.1) is 12.7 Å². The highest BCUT2D eigenvalue weighted by Crippen LogP contribution is 2.21. The Morgan fingerprint density at radius 3 is 2.87 bits per heavy atom. The minimum absolute atomic E-state index is 0.295. The number of nitrogens with one attached hydrogen (secondary N) is 1. The second-order valence-corrected chi connectivity index (χ2v) is 3.29. The van der Waals surface area contributed by atoms with Crippen LogP contribution in [0.25, 0.3) is 11.1 Å². The van der Waals surface area contributed by atoms with Crippen molar-refractivity contribution in [1.82, 2.24) is 10.2 Å². The Morgan fingerprint density at radius 2 is 2.13 bits per heavy atom. The Balaban J connectivity index is 2.63. The zero-order valence-electron chi connectivity index (χ0n) is 8.12. The van der Waals surface area contributed by atoms with Gasteiger partial charge in [-0.1, -0.05) is 6.07 Å². The van der Waals surface area contributed by atoms with Crippen LogP contribution < -0.4 is 5.56 Å². The van der Waals surface area contributed by atoms with Crippen molar-refractivity contribution in [3.63, 3.8) is 0 Å². The molecule has 0 aliphatic heterocycles. The first-order valence-corrected chi connectivity index (χ1v) is 4.48. The van der Waals surface area contributed by atoms with Gasteiger partial charge in [-0.15, -0.1) is 0 Å². The van der Waals surface area contributed by atoms with Crippen molar-refractivity contribution in [3.05, 3.63) is 52.2 Å². The number of halogens is 1. The van der Waals surface area contributed by atoms with E-state index in [0.717, 1.165) is 5.56 Å². The molecule has 0 bridgehead atoms. The van der Waals surface area contributed by atoms with E-state index in [-0.39, 0.29) is 11.4 Å². The standard InChI is InChI=1S/C11H9FN2O/c1-7-2-3-9(12)5-10(7)8-4-11(15)14-13-6-8/h2-6H,1H3,(H,14,15). The smallest absolute Gasteiger partial charge is 0.264 e. The summed E-state index contributed by atoms with van der Waals surface area (Å²) >= 11 is 0. The molecule has 0 saturated carbocycles. The largest absolute Gasteiger partial charge is 0.268 e. The van der Waals surface area contributed by atoms with Crippen LogP contribution in [-0.4, -0.2) is 10.2 Å². The van der Waals surface area contributed by atoms with E-state index in [1.165, 1.54) is 24.4 Å². The highest BCUT2D eigenvalue weighted by atomic mass is 19.1. The number of rotatable bonds is 1. The number of hydrogen-bond acceptors (Lipinski definition) is 2. The van der Waals surface area contributed by atoms with E-state index >= 15 is 0 Å². The quantitative estimate of drug-likeness (QED) is 0.770. The predicted molar refractivity (Wildman–Crippen MR) is 55.0 cm³/mol. The lowest BCUT2D eigenvalue weighted by Gasteiger charge is -2.04. The first-order valence-electron chi connectivity index (χ1n) is 4.48. The Kier molecular flexibility index (Phi) is 2.33. The van der Waals surface area contributed by atoms with E-state index in [1.54, 1.807) is 6.07 Å². The number of nitrogens with zero attached hydrogens (tertiary/aromatic N) is 1. The van der Waals surface area contributed by atoms with Gasteiger partial charge in [0, 0.05) is 11.6 Å². The van der Waals surface area contributed by atoms with Gasteiger partial charge in [-0.25, -0.2) is 9.49 Å². The van der Waals surface area contributed by atoms with Gasteiger partial charge in [-0.3, -0.25) is 4.79 Å². The molecule has 1 aromatic carbocycles. The van der Waals surface area contributed by atoms with Gasteiger partial charge in [0.05, 0.1) is 6.20 Å². The summed E-state index contributed by atoms with van der Waals surface area (Å²) in [6, 6.07) is 5.85. The Morgan fingerprint density at radius 1 is 1.33 bits per heavy atom. The Labute approximate surface area is 85.6 Å². The van der Waals surface area contributed by atoms with Crippen LogP contribution in [0.4, 0.5) is 4.39 Å². The lowest BCUT2D eigenvalue weighted by Crippen LogP contribution is -2.05. The van der Waals surface area contributed by atoms with E-state index in [1.807, 2.05) is 6.92 Å². The normalized spacial score (nSPS) is 10.3. The highest BCUT2D eigenvalue weighted by molar-refractivity contribution is 5.65. The van der Waals surface area contributed by atoms with Gasteiger partial charge >= 0.3 is 0 Å². The summed E-state index contributed by atoms with van der Waals surface area (Å²) in [4.78, 5) is 11.0. The minimum Gasteiger partial charge on any atom is -0.268 e. The van der Waals surface area contributed by atoms with Crippen molar-refractivity contribution in [2.45, 2.75) is 6.92 Å². The van der Waals surface area contributed by atoms with E-state index in [4.69, 9.17) is 0 Å². The van der Waals surface area contributed by atoms with Crippen LogP contribution in [0.1, 0.15) is 5.56 Å². The number of aryl methyl sites for hydroxylation is 1. The summed E-state index contributed by atoms with van der Waals surface area (Å²) in [5.41, 5.74) is 1.92. The molecule has 3 nitrogen and oxygen atoms in total. The van der Waals surface area contributed by atoms with Crippen LogP contribution in [0.3, 0.4) is 0 Å². The molecule has 2 aromatic rings. The first-order chi connectivity index (χ1) is 7.16. The summed E-state index contributed by atoms with van der Waals surface area (Å²) in [5, 5.41) is 5.95. The molecule has 0 aliphatic carbocycles. The highest BCUT2D eigenvalue weighted by Gasteiger charge is 2.04. The molecule has 0 atom stereocenters. The molecule has 0 saturated heterocycles. The fourth-order valence-electron chi connectivity index (χ4n) is 1.43. The van der Waals surface area contributed by atoms with Crippen LogP contribution in [0.2, 0.25) is 0 Å². The van der Waals surface area contributed by atoms with Gasteiger partial charge in [0.2, 0.25) is 0 Å². The molecular formula is C11H9FN2O. The van der Waals surface area contributed by atoms with Gasteiger partial charge in [0.1, 0.15) is 5.82 Å². The maximum absolute atomic E-state index is 13.0. The van der Waals surface area contributed by atoms with Gasteiger partial charge in [-0.2, -0.15) is 5.10 Å². The summed E-state index contributed by atoms with van der Waals surface area (Å²) in [6.07, 6.45) is 1.50. The molecule has 76 valence electrons. The zero-order valence-corrected chi connectivity index (χ0v) is 8.12. The Hall–Kier alpha value is -1.97. The monoisotopic (exact) mass is 204 g/mol. The van der Waals surface area contributed by atoms with Crippen molar-refractivity contribution in [1.29, 1.82) is 0 Å². The van der Waals surface area contributed by atoms with E-state index < -0.39 is 0 Å². The SMILES string of the molecule is Cc1ccc(F)cc1-c1cn[nH]c(=O)c1. The molecule has 2 rings (SSSR count). The number of hydrogen-bond donors (Lipinski definition) is 1. The lowest BCUT2D eigenvalue weighted by atomic mass is 10.0. The van der Waals surface area contributed by atoms with Crippen LogP contribution in [0.15, 0.2) is 35.3 Å². The fourth-order valence-corrected chi connectivity index (χ4v) is 1.43. The molecule has 15 heavy (non-hydrogen) atoms. The zero-order chi connectivity index (χ0) is 10.8. The molecule has 0 fully saturated rings. The Bertz CT molecular complexity index is 548. The third kappa shape index (κ3) is 1.93. The summed E-state index contributed by atoms with van der Waals surface area (Å²) in [7, 11) is 0. The van der Waals surface area contributed by atoms with Crippen molar-refractivity contribution in [3.8, 4) is 11.1 Å². The molecule has 4 heteroatoms. The first kappa shape index (κ1) is 9.58. The number of aromatic nitrogens is 2. The second-order valence-electron chi connectivity index (χ2n) is 3.29. The van der Waals surface area contributed by atoms with Gasteiger partial charge < -0.3 is 0 Å². The number of aromatic amines is 1. The van der Waals surface area contributed by atoms with Crippen LogP contribution in [-0.2, 0) is 0 Å². The topological polar surface area (TPSA) is 45.8 Å². The minimum atomic E-state index is -0.323. The fraction of sp³-hybridized carbons (Fsp3) is 0.0909. The second kappa shape index (κ2) is 3.65. The van der Waals surface area contributed by atoms with E-state index in [9.17, 15) is 9.18 Å². The number of H-pyrrole nitrogens is 1. The third-order valence-electron chi connectivity index (χ3n) is 2.18. The summed E-state index contributed by atoms with van der Waals surface area (Å²) in [6.45, 7) is 1.86. The molecule has 1 aromatic heterocycles. The maximum atomic E-state index is 13.0. The predicted octanol–water partition coefficient (Wildman–Crippen LogP) is 1.88. The average molecular weight is 204 g/mol. The molecule has 0 aliphatic rings. The molecule has 0 amide bonds. The van der Waals surface area contributed by atoms with E-state index in [0.29, 0.717) is 11.1 Å². The lowest BCUT2D eigenvalue weighted by molar-refractivity contribution is 0.628.